The molecule has 1 aromatic carbocycles. The van der Waals surface area contributed by atoms with Crippen molar-refractivity contribution in [2.45, 2.75) is 77.3 Å². The molecule has 1 N–H and O–H groups in total. The van der Waals surface area contributed by atoms with Gasteiger partial charge in [0.2, 0.25) is 0 Å². The van der Waals surface area contributed by atoms with Crippen molar-refractivity contribution in [3.05, 3.63) is 53.1 Å². The molecule has 0 spiro atoms. The van der Waals surface area contributed by atoms with Gasteiger partial charge in [0, 0.05) is 0 Å². The minimum absolute atomic E-state index is 0.0803. The predicted molar refractivity (Wildman–Crippen MR) is 108 cm³/mol. The molecule has 1 aromatic rings. The number of allylic oxidation sites excluding steroid dienone is 4. The molecule has 1 fully saturated rings. The van der Waals surface area contributed by atoms with Gasteiger partial charge in [-0.3, -0.25) is 4.79 Å². The number of phenols is 1. The van der Waals surface area contributed by atoms with Crippen molar-refractivity contribution >= 4 is 5.78 Å². The summed E-state index contributed by atoms with van der Waals surface area (Å²) in [6, 6.07) is 5.78. The highest BCUT2D eigenvalue weighted by atomic mass is 19.1. The third-order valence-electron chi connectivity index (χ3n) is 6.39. The molecule has 0 unspecified atom stereocenters. The molecule has 0 radical (unpaired) electrons. The summed E-state index contributed by atoms with van der Waals surface area (Å²) in [7, 11) is 0. The lowest BCUT2D eigenvalue weighted by Crippen LogP contribution is -2.39. The third kappa shape index (κ3) is 4.02. The Hall–Kier alpha value is -1.90. The molecule has 3 aliphatic carbocycles. The van der Waals surface area contributed by atoms with E-state index in [1.807, 2.05) is 19.9 Å². The molecule has 0 amide bonds. The second-order valence-corrected chi connectivity index (χ2v) is 9.47. The highest BCUT2D eigenvalue weighted by Crippen LogP contribution is 2.49. The summed E-state index contributed by atoms with van der Waals surface area (Å²) in [4.78, 5) is 11.2. The van der Waals surface area contributed by atoms with Crippen molar-refractivity contribution in [3.63, 3.8) is 0 Å². The second-order valence-electron chi connectivity index (χ2n) is 9.47. The molecule has 0 heterocycles. The largest absolute Gasteiger partial charge is 0.508 e. The van der Waals surface area contributed by atoms with Crippen LogP contribution in [0.1, 0.15) is 70.9 Å². The molecule has 1 saturated carbocycles. The summed E-state index contributed by atoms with van der Waals surface area (Å²) >= 11 is 0. The maximum absolute atomic E-state index is 14.4. The molecule has 1 atom stereocenters. The van der Waals surface area contributed by atoms with Crippen LogP contribution in [0.2, 0.25) is 0 Å². The van der Waals surface area contributed by atoms with Crippen LogP contribution in [-0.2, 0) is 16.6 Å². The first kappa shape index (κ1) is 19.9. The molecule has 0 bridgehead atoms. The molecule has 4 rings (SSSR count). The number of aromatic hydroxyl groups is 1. The first-order valence-electron chi connectivity index (χ1n) is 10.0. The lowest BCUT2D eigenvalue weighted by molar-refractivity contribution is -0.110. The average Bonchev–Trinajstić information content (AvgIpc) is 2.57. The standard InChI is InChI=1S/C12H15FO.C12H16O/c1-11(2)5-3-6-12(13)7-4-9(14)8-10(11)12;1-12(2)7-3-4-9-5-6-10(13)8-11(9)12/h4,7-8H,3,5-6H2,1-2H3;5-6,8,13H,3-4,7H2,1-2H3/t12-;/m1./s1. The normalized spacial score (nSPS) is 27.6. The molecule has 0 aliphatic heterocycles. The minimum Gasteiger partial charge on any atom is -0.508 e. The van der Waals surface area contributed by atoms with Crippen LogP contribution in [0.3, 0.4) is 0 Å². The van der Waals surface area contributed by atoms with E-state index in [4.69, 9.17) is 0 Å². The van der Waals surface area contributed by atoms with Crippen LogP contribution in [0.25, 0.3) is 0 Å². The van der Waals surface area contributed by atoms with Crippen LogP contribution in [0.4, 0.5) is 4.39 Å². The van der Waals surface area contributed by atoms with Crippen LogP contribution in [0, 0.1) is 5.41 Å². The van der Waals surface area contributed by atoms with Gasteiger partial charge in [0.1, 0.15) is 5.75 Å². The molecule has 27 heavy (non-hydrogen) atoms. The van der Waals surface area contributed by atoms with E-state index in [9.17, 15) is 14.3 Å². The van der Waals surface area contributed by atoms with Gasteiger partial charge in [0.05, 0.1) is 0 Å². The summed E-state index contributed by atoms with van der Waals surface area (Å²) in [5.74, 6) is 0.317. The summed E-state index contributed by atoms with van der Waals surface area (Å²) < 4.78 is 14.4. The highest BCUT2D eigenvalue weighted by molar-refractivity contribution is 6.01. The number of alkyl halides is 1. The van der Waals surface area contributed by atoms with Gasteiger partial charge in [-0.15, -0.1) is 0 Å². The monoisotopic (exact) mass is 370 g/mol. The van der Waals surface area contributed by atoms with E-state index in [1.54, 1.807) is 6.07 Å². The Morgan fingerprint density at radius 1 is 1.00 bits per heavy atom. The van der Waals surface area contributed by atoms with Gasteiger partial charge >= 0.3 is 0 Å². The van der Waals surface area contributed by atoms with Gasteiger partial charge in [0.25, 0.3) is 0 Å². The van der Waals surface area contributed by atoms with Crippen molar-refractivity contribution < 1.29 is 14.3 Å². The van der Waals surface area contributed by atoms with Gasteiger partial charge in [-0.05, 0) is 96.4 Å². The Morgan fingerprint density at radius 3 is 2.44 bits per heavy atom. The molecule has 0 aromatic heterocycles. The SMILES string of the molecule is CC1(C)CCC[C@@]2(F)C=CC(=O)C=C12.CC1(C)CCCc2ccc(O)cc21. The van der Waals surface area contributed by atoms with Gasteiger partial charge in [-0.25, -0.2) is 4.39 Å². The number of halogens is 1. The fourth-order valence-electron chi connectivity index (χ4n) is 4.78. The van der Waals surface area contributed by atoms with Crippen molar-refractivity contribution in [1.29, 1.82) is 0 Å². The number of hydrogen-bond acceptors (Lipinski definition) is 2. The lowest BCUT2D eigenvalue weighted by Gasteiger charge is -2.42. The van der Waals surface area contributed by atoms with Crippen molar-refractivity contribution in [2.24, 2.45) is 5.41 Å². The number of hydrogen-bond donors (Lipinski definition) is 1. The zero-order valence-corrected chi connectivity index (χ0v) is 16.9. The fraction of sp³-hybridized carbons (Fsp3) is 0.542. The Kier molecular flexibility index (Phi) is 5.09. The van der Waals surface area contributed by atoms with Gasteiger partial charge in [0.15, 0.2) is 11.5 Å². The number of phenolic OH excluding ortho intramolecular Hbond substituents is 1. The van der Waals surface area contributed by atoms with Crippen molar-refractivity contribution in [3.8, 4) is 5.75 Å². The summed E-state index contributed by atoms with van der Waals surface area (Å²) in [6.45, 7) is 8.53. The number of ketones is 1. The molecule has 0 saturated heterocycles. The van der Waals surface area contributed by atoms with E-state index in [0.29, 0.717) is 17.7 Å². The minimum atomic E-state index is -1.35. The lowest BCUT2D eigenvalue weighted by atomic mass is 9.65. The van der Waals surface area contributed by atoms with Gasteiger partial charge < -0.3 is 5.11 Å². The molecule has 146 valence electrons. The van der Waals surface area contributed by atoms with E-state index < -0.39 is 5.67 Å². The Bertz CT molecular complexity index is 801. The zero-order chi connectivity index (χ0) is 19.9. The highest BCUT2D eigenvalue weighted by Gasteiger charge is 2.45. The van der Waals surface area contributed by atoms with Crippen LogP contribution in [0.5, 0.6) is 5.75 Å². The van der Waals surface area contributed by atoms with Crippen LogP contribution in [-0.4, -0.2) is 16.6 Å². The van der Waals surface area contributed by atoms with E-state index in [2.05, 4.69) is 19.9 Å². The summed E-state index contributed by atoms with van der Waals surface area (Å²) in [5, 5.41) is 9.42. The number of benzene rings is 1. The quantitative estimate of drug-likeness (QED) is 0.610. The fourth-order valence-corrected chi connectivity index (χ4v) is 4.78. The molecule has 2 nitrogen and oxygen atoms in total. The van der Waals surface area contributed by atoms with Crippen molar-refractivity contribution in [1.82, 2.24) is 0 Å². The summed E-state index contributed by atoms with van der Waals surface area (Å²) in [6.07, 6.45) is 10.3. The van der Waals surface area contributed by atoms with Gasteiger partial charge in [-0.1, -0.05) is 33.8 Å². The van der Waals surface area contributed by atoms with Crippen LogP contribution < -0.4 is 0 Å². The van der Waals surface area contributed by atoms with Crippen molar-refractivity contribution in [2.75, 3.05) is 0 Å². The number of carbonyl (C=O) groups excluding carboxylic acids is 1. The topological polar surface area (TPSA) is 37.3 Å². The smallest absolute Gasteiger partial charge is 0.178 e. The van der Waals surface area contributed by atoms with Gasteiger partial charge in [-0.2, -0.15) is 0 Å². The third-order valence-corrected chi connectivity index (χ3v) is 6.39. The zero-order valence-electron chi connectivity index (χ0n) is 16.9. The average molecular weight is 371 g/mol. The number of aryl methyl sites for hydroxylation is 1. The first-order valence-corrected chi connectivity index (χ1v) is 10.0. The Labute approximate surface area is 162 Å². The molecule has 3 heteroatoms. The first-order chi connectivity index (χ1) is 12.5. The maximum Gasteiger partial charge on any atom is 0.178 e. The second kappa shape index (κ2) is 6.92. The van der Waals surface area contributed by atoms with E-state index in [1.165, 1.54) is 48.6 Å². The molecular weight excluding hydrogens is 339 g/mol. The number of fused-ring (bicyclic) bond motifs is 2. The van der Waals surface area contributed by atoms with E-state index >= 15 is 0 Å². The van der Waals surface area contributed by atoms with E-state index in [0.717, 1.165) is 12.8 Å². The number of rotatable bonds is 0. The number of carbonyl (C=O) groups is 1. The van der Waals surface area contributed by atoms with E-state index in [-0.39, 0.29) is 16.6 Å². The Morgan fingerprint density at radius 2 is 1.70 bits per heavy atom. The predicted octanol–water partition coefficient (Wildman–Crippen LogP) is 5.98. The van der Waals surface area contributed by atoms with Crippen LogP contribution >= 0.6 is 0 Å². The maximum atomic E-state index is 14.4. The Balaban J connectivity index is 0.000000156. The molecular formula is C24H31FO2. The van der Waals surface area contributed by atoms with Crippen LogP contribution in [0.15, 0.2) is 42.0 Å². The molecule has 3 aliphatic rings. The summed E-state index contributed by atoms with van der Waals surface area (Å²) in [5.41, 5.74) is 2.13.